The summed E-state index contributed by atoms with van der Waals surface area (Å²) < 4.78 is 19.9. The van der Waals surface area contributed by atoms with Crippen molar-refractivity contribution in [3.05, 3.63) is 66.0 Å². The number of halogens is 1. The maximum absolute atomic E-state index is 13.1. The number of hydrogen-bond donors (Lipinski definition) is 1. The van der Waals surface area contributed by atoms with E-state index in [1.165, 1.54) is 23.9 Å². The van der Waals surface area contributed by atoms with E-state index in [9.17, 15) is 9.18 Å². The average molecular weight is 345 g/mol. The molecule has 0 aliphatic carbocycles. The van der Waals surface area contributed by atoms with Crippen molar-refractivity contribution in [1.29, 1.82) is 0 Å². The summed E-state index contributed by atoms with van der Waals surface area (Å²) in [5, 5.41) is 7.18. The molecule has 0 spiro atoms. The van der Waals surface area contributed by atoms with Gasteiger partial charge in [-0.15, -0.1) is 11.8 Å². The van der Waals surface area contributed by atoms with Crippen LogP contribution < -0.4 is 5.32 Å². The molecule has 1 N–H and O–H groups in total. The number of carbonyl (C=O) groups excluding carboxylic acids is 1. The Bertz CT molecular complexity index is 813. The van der Waals surface area contributed by atoms with E-state index in [1.807, 2.05) is 19.1 Å². The van der Waals surface area contributed by atoms with Crippen LogP contribution in [-0.4, -0.2) is 21.4 Å². The van der Waals surface area contributed by atoms with Gasteiger partial charge in [-0.25, -0.2) is 9.07 Å². The highest BCUT2D eigenvalue weighted by Crippen LogP contribution is 2.18. The molecule has 0 saturated carbocycles. The summed E-state index contributed by atoms with van der Waals surface area (Å²) in [7, 11) is 0. The van der Waals surface area contributed by atoms with Crippen molar-refractivity contribution >= 4 is 23.5 Å². The van der Waals surface area contributed by atoms with Gasteiger partial charge in [0.25, 0.3) is 0 Å². The molecule has 2 heterocycles. The van der Waals surface area contributed by atoms with Crippen LogP contribution in [0.5, 0.6) is 0 Å². The maximum Gasteiger partial charge on any atom is 0.235 e. The summed E-state index contributed by atoms with van der Waals surface area (Å²) in [5.41, 5.74) is 1.45. The van der Waals surface area contributed by atoms with Crippen LogP contribution in [0.15, 0.2) is 53.1 Å². The highest BCUT2D eigenvalue weighted by atomic mass is 32.2. The van der Waals surface area contributed by atoms with Gasteiger partial charge in [0.2, 0.25) is 5.91 Å². The Hall–Kier alpha value is -2.54. The second kappa shape index (κ2) is 7.35. The number of aromatic nitrogens is 2. The van der Waals surface area contributed by atoms with E-state index in [2.05, 4.69) is 10.4 Å². The first-order chi connectivity index (χ1) is 11.6. The molecule has 3 aromatic rings. The number of aryl methyl sites for hydroxylation is 1. The lowest BCUT2D eigenvalue weighted by Crippen LogP contribution is -2.17. The van der Waals surface area contributed by atoms with Crippen molar-refractivity contribution in [2.45, 2.75) is 12.7 Å². The molecule has 0 bridgehead atoms. The molecule has 2 aromatic heterocycles. The fourth-order valence-electron chi connectivity index (χ4n) is 2.19. The fourth-order valence-corrected chi connectivity index (χ4v) is 2.91. The Kier molecular flexibility index (Phi) is 5.00. The van der Waals surface area contributed by atoms with Crippen molar-refractivity contribution in [2.75, 3.05) is 11.1 Å². The van der Waals surface area contributed by atoms with E-state index in [0.29, 0.717) is 23.0 Å². The molecule has 5 nitrogen and oxygen atoms in total. The van der Waals surface area contributed by atoms with Crippen LogP contribution in [0.4, 0.5) is 10.2 Å². The summed E-state index contributed by atoms with van der Waals surface area (Å²) in [6.45, 7) is 1.83. The zero-order valence-corrected chi connectivity index (χ0v) is 13.8. The van der Waals surface area contributed by atoms with Gasteiger partial charge in [0.1, 0.15) is 17.4 Å². The number of rotatable bonds is 6. The molecule has 1 amide bonds. The smallest absolute Gasteiger partial charge is 0.235 e. The van der Waals surface area contributed by atoms with Gasteiger partial charge in [-0.3, -0.25) is 4.79 Å². The lowest BCUT2D eigenvalue weighted by Gasteiger charge is -2.08. The summed E-state index contributed by atoms with van der Waals surface area (Å²) in [5.74, 6) is 1.88. The number of benzene rings is 1. The Morgan fingerprint density at radius 3 is 2.83 bits per heavy atom. The van der Waals surface area contributed by atoms with E-state index in [0.717, 1.165) is 11.5 Å². The predicted molar refractivity (Wildman–Crippen MR) is 91.8 cm³/mol. The van der Waals surface area contributed by atoms with Gasteiger partial charge in [-0.1, -0.05) is 0 Å². The molecule has 0 saturated heterocycles. The number of thioether (sulfide) groups is 1. The number of hydrogen-bond acceptors (Lipinski definition) is 4. The summed E-state index contributed by atoms with van der Waals surface area (Å²) in [6, 6.07) is 11.4. The molecule has 1 aromatic carbocycles. The van der Waals surface area contributed by atoms with E-state index in [4.69, 9.17) is 4.42 Å². The van der Waals surface area contributed by atoms with Gasteiger partial charge in [0, 0.05) is 6.07 Å². The third-order valence-corrected chi connectivity index (χ3v) is 4.18. The number of anilines is 1. The van der Waals surface area contributed by atoms with E-state index < -0.39 is 0 Å². The largest absolute Gasteiger partial charge is 0.468 e. The van der Waals surface area contributed by atoms with Crippen LogP contribution in [-0.2, 0) is 10.5 Å². The summed E-state index contributed by atoms with van der Waals surface area (Å²) in [4.78, 5) is 12.1. The summed E-state index contributed by atoms with van der Waals surface area (Å²) in [6.07, 6.45) is 1.61. The van der Waals surface area contributed by atoms with Crippen LogP contribution in [0, 0.1) is 12.7 Å². The topological polar surface area (TPSA) is 60.1 Å². The van der Waals surface area contributed by atoms with Crippen LogP contribution in [0.1, 0.15) is 11.5 Å². The van der Waals surface area contributed by atoms with Gasteiger partial charge >= 0.3 is 0 Å². The highest BCUT2D eigenvalue weighted by molar-refractivity contribution is 7.99. The molecule has 0 atom stereocenters. The molecule has 24 heavy (non-hydrogen) atoms. The molecule has 3 rings (SSSR count). The zero-order valence-electron chi connectivity index (χ0n) is 13.0. The van der Waals surface area contributed by atoms with E-state index in [-0.39, 0.29) is 11.7 Å². The van der Waals surface area contributed by atoms with Crippen LogP contribution >= 0.6 is 11.8 Å². The molecule has 124 valence electrons. The van der Waals surface area contributed by atoms with Crippen molar-refractivity contribution in [3.8, 4) is 5.69 Å². The zero-order chi connectivity index (χ0) is 16.9. The van der Waals surface area contributed by atoms with Gasteiger partial charge in [0.05, 0.1) is 29.2 Å². The lowest BCUT2D eigenvalue weighted by atomic mass is 10.3. The number of amides is 1. The Labute approximate surface area is 142 Å². The van der Waals surface area contributed by atoms with Gasteiger partial charge < -0.3 is 9.73 Å². The molecule has 0 aliphatic heterocycles. The Morgan fingerprint density at radius 1 is 1.33 bits per heavy atom. The minimum absolute atomic E-state index is 0.130. The Balaban J connectivity index is 1.64. The Morgan fingerprint density at radius 2 is 2.12 bits per heavy atom. The number of carbonyl (C=O) groups is 1. The number of furan rings is 1. The quantitative estimate of drug-likeness (QED) is 0.738. The molecule has 0 unspecified atom stereocenters. The maximum atomic E-state index is 13.1. The van der Waals surface area contributed by atoms with Gasteiger partial charge in [0.15, 0.2) is 0 Å². The van der Waals surface area contributed by atoms with Crippen molar-refractivity contribution in [1.82, 2.24) is 9.78 Å². The molecular formula is C17H16FN3O2S. The highest BCUT2D eigenvalue weighted by Gasteiger charge is 2.11. The molecule has 0 fully saturated rings. The third kappa shape index (κ3) is 4.05. The third-order valence-electron chi connectivity index (χ3n) is 3.23. The van der Waals surface area contributed by atoms with Gasteiger partial charge in [-0.05, 0) is 43.3 Å². The monoisotopic (exact) mass is 345 g/mol. The lowest BCUT2D eigenvalue weighted by molar-refractivity contribution is -0.113. The van der Waals surface area contributed by atoms with Crippen molar-refractivity contribution < 1.29 is 13.6 Å². The number of nitrogens with one attached hydrogen (secondary N) is 1. The van der Waals surface area contributed by atoms with Crippen LogP contribution in [0.3, 0.4) is 0 Å². The average Bonchev–Trinajstić information content (AvgIpc) is 3.18. The second-order valence-electron chi connectivity index (χ2n) is 5.18. The van der Waals surface area contributed by atoms with Crippen molar-refractivity contribution in [3.63, 3.8) is 0 Å². The minimum atomic E-state index is -0.317. The molecule has 7 heteroatoms. The van der Waals surface area contributed by atoms with Gasteiger partial charge in [-0.2, -0.15) is 5.10 Å². The minimum Gasteiger partial charge on any atom is -0.468 e. The standard InChI is InChI=1S/C17H16FN3O2S/c1-12-9-16(21(20-12)14-6-4-13(18)5-7-14)19-17(22)11-24-10-15-3-2-8-23-15/h2-9H,10-11H2,1H3,(H,19,22). The van der Waals surface area contributed by atoms with Crippen molar-refractivity contribution in [2.24, 2.45) is 0 Å². The van der Waals surface area contributed by atoms with Crippen LogP contribution in [0.25, 0.3) is 5.69 Å². The first-order valence-corrected chi connectivity index (χ1v) is 8.50. The second-order valence-corrected chi connectivity index (χ2v) is 6.17. The molecule has 0 radical (unpaired) electrons. The first kappa shape index (κ1) is 16.3. The van der Waals surface area contributed by atoms with E-state index in [1.54, 1.807) is 29.1 Å². The predicted octanol–water partition coefficient (Wildman–Crippen LogP) is 3.78. The van der Waals surface area contributed by atoms with E-state index >= 15 is 0 Å². The number of nitrogens with zero attached hydrogens (tertiary/aromatic N) is 2. The normalized spacial score (nSPS) is 10.8. The fraction of sp³-hybridized carbons (Fsp3) is 0.176. The molecular weight excluding hydrogens is 329 g/mol. The first-order valence-electron chi connectivity index (χ1n) is 7.34. The SMILES string of the molecule is Cc1cc(NC(=O)CSCc2ccco2)n(-c2ccc(F)cc2)n1. The molecule has 0 aliphatic rings. The van der Waals surface area contributed by atoms with Crippen LogP contribution in [0.2, 0.25) is 0 Å². The summed E-state index contributed by atoms with van der Waals surface area (Å²) >= 11 is 1.46.